The molecule has 0 spiro atoms. The number of amides is 1. The number of hydrogen-bond acceptors (Lipinski definition) is 1. The van der Waals surface area contributed by atoms with E-state index in [4.69, 9.17) is 5.73 Å². The fourth-order valence-corrected chi connectivity index (χ4v) is 5.67. The van der Waals surface area contributed by atoms with E-state index in [1.807, 2.05) is 6.07 Å². The second-order valence-corrected chi connectivity index (χ2v) is 8.64. The third kappa shape index (κ3) is 2.33. The smallest absolute Gasteiger partial charge is 0.248 e. The Morgan fingerprint density at radius 1 is 1.30 bits per heavy atom. The van der Waals surface area contributed by atoms with Gasteiger partial charge in [0.25, 0.3) is 0 Å². The normalized spacial score (nSPS) is 36.2. The first-order valence-corrected chi connectivity index (χ1v) is 9.42. The van der Waals surface area contributed by atoms with Crippen molar-refractivity contribution in [2.75, 3.05) is 0 Å². The standard InChI is InChI=1S/C21H29NO/c1-13-18-11-16-6-7-17(20(22)23)12-19(16)21(13,2)9-8-15(18)10-14-4-3-5-14/h6-7,12-15,18H,3-5,8-11H2,1-2H3,(H2,22,23)/t13-,15?,18+,21+/m0/s1. The second kappa shape index (κ2) is 5.36. The average Bonchev–Trinajstić information content (AvgIpc) is 2.48. The van der Waals surface area contributed by atoms with Gasteiger partial charge in [-0.2, -0.15) is 0 Å². The highest BCUT2D eigenvalue weighted by molar-refractivity contribution is 5.93. The average molecular weight is 311 g/mol. The molecular weight excluding hydrogens is 282 g/mol. The Labute approximate surface area is 139 Å². The molecule has 1 amide bonds. The summed E-state index contributed by atoms with van der Waals surface area (Å²) in [5, 5.41) is 0. The number of carbonyl (C=O) groups excluding carboxylic acids is 1. The van der Waals surface area contributed by atoms with Gasteiger partial charge in [-0.3, -0.25) is 4.79 Å². The molecule has 2 saturated carbocycles. The van der Waals surface area contributed by atoms with Gasteiger partial charge in [0.05, 0.1) is 0 Å². The summed E-state index contributed by atoms with van der Waals surface area (Å²) in [6, 6.07) is 6.20. The molecule has 3 aliphatic rings. The van der Waals surface area contributed by atoms with Crippen LogP contribution in [0.2, 0.25) is 0 Å². The zero-order valence-corrected chi connectivity index (χ0v) is 14.5. The maximum Gasteiger partial charge on any atom is 0.248 e. The number of fused-ring (bicyclic) bond motifs is 4. The molecule has 4 atom stereocenters. The highest BCUT2D eigenvalue weighted by Crippen LogP contribution is 2.56. The first-order chi connectivity index (χ1) is 11.0. The largest absolute Gasteiger partial charge is 0.366 e. The highest BCUT2D eigenvalue weighted by Gasteiger charge is 2.49. The molecule has 1 aromatic rings. The van der Waals surface area contributed by atoms with Gasteiger partial charge in [0, 0.05) is 5.56 Å². The van der Waals surface area contributed by atoms with Crippen LogP contribution in [0.4, 0.5) is 0 Å². The van der Waals surface area contributed by atoms with Crippen LogP contribution >= 0.6 is 0 Å². The van der Waals surface area contributed by atoms with Gasteiger partial charge < -0.3 is 5.73 Å². The van der Waals surface area contributed by atoms with Crippen LogP contribution in [0.1, 0.15) is 73.9 Å². The van der Waals surface area contributed by atoms with E-state index in [0.29, 0.717) is 11.5 Å². The molecule has 0 radical (unpaired) electrons. The first kappa shape index (κ1) is 15.2. The van der Waals surface area contributed by atoms with Gasteiger partial charge in [0.1, 0.15) is 0 Å². The van der Waals surface area contributed by atoms with Gasteiger partial charge in [-0.15, -0.1) is 0 Å². The Bertz CT molecular complexity index is 633. The van der Waals surface area contributed by atoms with E-state index in [1.165, 1.54) is 56.1 Å². The lowest BCUT2D eigenvalue weighted by Crippen LogP contribution is -2.48. The third-order valence-electron chi connectivity index (χ3n) is 7.61. The van der Waals surface area contributed by atoms with E-state index < -0.39 is 0 Å². The molecule has 4 rings (SSSR count). The topological polar surface area (TPSA) is 43.1 Å². The molecule has 0 heterocycles. The van der Waals surface area contributed by atoms with Crippen molar-refractivity contribution < 1.29 is 4.79 Å². The highest BCUT2D eigenvalue weighted by atomic mass is 16.1. The van der Waals surface area contributed by atoms with Crippen molar-refractivity contribution in [1.29, 1.82) is 0 Å². The van der Waals surface area contributed by atoms with Crippen molar-refractivity contribution in [2.45, 2.75) is 64.2 Å². The summed E-state index contributed by atoms with van der Waals surface area (Å²) in [4.78, 5) is 11.6. The van der Waals surface area contributed by atoms with Crippen LogP contribution in [-0.4, -0.2) is 5.91 Å². The maximum atomic E-state index is 11.6. The lowest BCUT2D eigenvalue weighted by molar-refractivity contribution is 0.0449. The molecule has 2 fully saturated rings. The lowest BCUT2D eigenvalue weighted by Gasteiger charge is -2.54. The van der Waals surface area contributed by atoms with Crippen LogP contribution in [0.15, 0.2) is 18.2 Å². The van der Waals surface area contributed by atoms with E-state index in [1.54, 1.807) is 0 Å². The Morgan fingerprint density at radius 2 is 2.09 bits per heavy atom. The van der Waals surface area contributed by atoms with Gasteiger partial charge in [0.2, 0.25) is 5.91 Å². The summed E-state index contributed by atoms with van der Waals surface area (Å²) < 4.78 is 0. The number of rotatable bonds is 3. The summed E-state index contributed by atoms with van der Waals surface area (Å²) in [5.41, 5.74) is 9.28. The Kier molecular flexibility index (Phi) is 3.55. The Balaban J connectivity index is 1.67. The Morgan fingerprint density at radius 3 is 2.74 bits per heavy atom. The van der Waals surface area contributed by atoms with Crippen LogP contribution in [0.3, 0.4) is 0 Å². The van der Waals surface area contributed by atoms with Crippen molar-refractivity contribution >= 4 is 5.91 Å². The third-order valence-corrected chi connectivity index (χ3v) is 7.61. The van der Waals surface area contributed by atoms with Gasteiger partial charge >= 0.3 is 0 Å². The quantitative estimate of drug-likeness (QED) is 0.880. The van der Waals surface area contributed by atoms with Gasteiger partial charge in [0.15, 0.2) is 0 Å². The van der Waals surface area contributed by atoms with E-state index >= 15 is 0 Å². The molecule has 0 aromatic heterocycles. The van der Waals surface area contributed by atoms with Gasteiger partial charge in [-0.1, -0.05) is 39.2 Å². The first-order valence-electron chi connectivity index (χ1n) is 9.42. The van der Waals surface area contributed by atoms with Crippen molar-refractivity contribution in [3.05, 3.63) is 34.9 Å². The summed E-state index contributed by atoms with van der Waals surface area (Å²) >= 11 is 0. The molecule has 3 aliphatic carbocycles. The molecule has 2 bridgehead atoms. The minimum Gasteiger partial charge on any atom is -0.366 e. The molecule has 2 N–H and O–H groups in total. The fourth-order valence-electron chi connectivity index (χ4n) is 5.67. The molecule has 0 saturated heterocycles. The van der Waals surface area contributed by atoms with Crippen molar-refractivity contribution in [3.8, 4) is 0 Å². The summed E-state index contributed by atoms with van der Waals surface area (Å²) in [7, 11) is 0. The molecule has 2 heteroatoms. The molecule has 1 unspecified atom stereocenters. The number of nitrogens with two attached hydrogens (primary N) is 1. The minimum absolute atomic E-state index is 0.222. The second-order valence-electron chi connectivity index (χ2n) is 8.64. The maximum absolute atomic E-state index is 11.6. The predicted molar refractivity (Wildman–Crippen MR) is 93.4 cm³/mol. The van der Waals surface area contributed by atoms with E-state index in [2.05, 4.69) is 26.0 Å². The van der Waals surface area contributed by atoms with Crippen molar-refractivity contribution in [1.82, 2.24) is 0 Å². The van der Waals surface area contributed by atoms with Crippen LogP contribution in [-0.2, 0) is 11.8 Å². The molecule has 2 nitrogen and oxygen atoms in total. The Hall–Kier alpha value is -1.31. The monoisotopic (exact) mass is 311 g/mol. The van der Waals surface area contributed by atoms with Gasteiger partial charge in [-0.05, 0) is 78.0 Å². The zero-order chi connectivity index (χ0) is 16.2. The molecule has 1 aromatic carbocycles. The number of benzene rings is 1. The number of primary amides is 1. The molecule has 23 heavy (non-hydrogen) atoms. The number of hydrogen-bond donors (Lipinski definition) is 1. The summed E-state index contributed by atoms with van der Waals surface area (Å²) in [6.07, 6.45) is 9.66. The molecule has 124 valence electrons. The van der Waals surface area contributed by atoms with E-state index in [0.717, 1.165) is 17.8 Å². The SMILES string of the molecule is C[C@H]1[C@H]2Cc3ccc(C(N)=O)cc3[C@]1(C)CCC2CC1CCC1. The van der Waals surface area contributed by atoms with Crippen molar-refractivity contribution in [2.24, 2.45) is 29.4 Å². The fraction of sp³-hybridized carbons (Fsp3) is 0.667. The number of carbonyl (C=O) groups is 1. The van der Waals surface area contributed by atoms with Crippen LogP contribution in [0.5, 0.6) is 0 Å². The van der Waals surface area contributed by atoms with Crippen LogP contribution in [0.25, 0.3) is 0 Å². The lowest BCUT2D eigenvalue weighted by atomic mass is 9.50. The minimum atomic E-state index is -0.301. The van der Waals surface area contributed by atoms with Crippen LogP contribution < -0.4 is 5.73 Å². The van der Waals surface area contributed by atoms with Crippen LogP contribution in [0, 0.1) is 23.7 Å². The van der Waals surface area contributed by atoms with E-state index in [-0.39, 0.29) is 11.3 Å². The van der Waals surface area contributed by atoms with E-state index in [9.17, 15) is 4.79 Å². The molecular formula is C21H29NO. The molecule has 0 aliphatic heterocycles. The van der Waals surface area contributed by atoms with Crippen molar-refractivity contribution in [3.63, 3.8) is 0 Å². The zero-order valence-electron chi connectivity index (χ0n) is 14.5. The van der Waals surface area contributed by atoms with Gasteiger partial charge in [-0.25, -0.2) is 0 Å². The predicted octanol–water partition coefficient (Wildman–Crippen LogP) is 4.45. The summed E-state index contributed by atoms with van der Waals surface area (Å²) in [5.74, 6) is 3.14. The summed E-state index contributed by atoms with van der Waals surface area (Å²) in [6.45, 7) is 4.88.